The van der Waals surface area contributed by atoms with Crippen molar-refractivity contribution in [2.24, 2.45) is 0 Å². The second-order valence-corrected chi connectivity index (χ2v) is 32.4. The van der Waals surface area contributed by atoms with Gasteiger partial charge in [0.25, 0.3) is 5.91 Å². The van der Waals surface area contributed by atoms with E-state index in [1.165, 1.54) is 24.0 Å². The van der Waals surface area contributed by atoms with Crippen molar-refractivity contribution in [3.63, 3.8) is 0 Å². The number of ketones is 2. The molecule has 0 bridgehead atoms. The highest BCUT2D eigenvalue weighted by Gasteiger charge is 2.40. The molecule has 1 N–H and O–H groups in total. The zero-order valence-electron chi connectivity index (χ0n) is 41.9. The molecule has 3 atom stereocenters. The number of nitrogens with one attached hydrogen (secondary N) is 1. The number of ether oxygens (including phenoxy) is 4. The molecule has 3 amide bonds. The number of hydrogen-bond acceptors (Lipinski definition) is 13. The maximum atomic E-state index is 13.0. The van der Waals surface area contributed by atoms with Gasteiger partial charge in [0.1, 0.15) is 36.7 Å². The third kappa shape index (κ3) is 19.1. The van der Waals surface area contributed by atoms with Gasteiger partial charge < -0.3 is 33.4 Å². The average Bonchev–Trinajstić information content (AvgIpc) is 4.06. The zero-order chi connectivity index (χ0) is 48.8. The standard InChI is InChI=1S/C19H33N3O4Si.C14H25N3O2Si.C12H22N2O4/c1-19(2,3)26-18(24)22-10-7-8-15(22)16(23)17-20-9-11-21(17)14-25-12-13-27(4,5)6;1-20(2,3)10-9-19-11-17-8-7-16-14(17)13(18)12-5-4-6-15-12;1-12(2,3)18-11(16)14-8-6-7-9(14)10(15)13(4)17-5/h9,11,15H,7-8,10,12-14H2,1-6H3;7-8,12,15H,4-6,9-11H2,1-3H3;9H,6-8H2,1-5H3/t15-;12-;9-/m000/s1. The van der Waals surface area contributed by atoms with E-state index in [2.05, 4.69) is 54.6 Å². The second-order valence-electron chi connectivity index (χ2n) is 21.2. The van der Waals surface area contributed by atoms with Gasteiger partial charge in [0, 0.05) is 74.3 Å². The lowest BCUT2D eigenvalue weighted by Gasteiger charge is -2.29. The minimum atomic E-state index is -1.15. The summed E-state index contributed by atoms with van der Waals surface area (Å²) < 4.78 is 25.7. The number of amides is 3. The van der Waals surface area contributed by atoms with Crippen LogP contribution in [-0.2, 0) is 42.0 Å². The summed E-state index contributed by atoms with van der Waals surface area (Å²) in [5.41, 5.74) is -1.14. The number of imidazole rings is 2. The Morgan fingerprint density at radius 3 is 1.55 bits per heavy atom. The summed E-state index contributed by atoms with van der Waals surface area (Å²) in [5.74, 6) is 0.556. The molecule has 0 saturated carbocycles. The Labute approximate surface area is 389 Å². The van der Waals surface area contributed by atoms with Gasteiger partial charge in [-0.05, 0) is 98.7 Å². The lowest BCUT2D eigenvalue weighted by atomic mass is 10.1. The van der Waals surface area contributed by atoms with E-state index < -0.39 is 51.6 Å². The third-order valence-electron chi connectivity index (χ3n) is 10.6. The molecular formula is C45H80N8O10Si2. The smallest absolute Gasteiger partial charge is 0.410 e. The highest BCUT2D eigenvalue weighted by Crippen LogP contribution is 2.25. The van der Waals surface area contributed by atoms with Gasteiger partial charge in [-0.25, -0.2) is 24.6 Å². The van der Waals surface area contributed by atoms with E-state index in [0.717, 1.165) is 56.0 Å². The Morgan fingerprint density at radius 1 is 0.692 bits per heavy atom. The van der Waals surface area contributed by atoms with E-state index in [0.29, 0.717) is 57.6 Å². The fraction of sp³-hybridized carbons (Fsp3) is 0.756. The Morgan fingerprint density at radius 2 is 1.14 bits per heavy atom. The van der Waals surface area contributed by atoms with Crippen molar-refractivity contribution in [2.75, 3.05) is 47.0 Å². The van der Waals surface area contributed by atoms with Gasteiger partial charge in [0.05, 0.1) is 13.2 Å². The van der Waals surface area contributed by atoms with Crippen LogP contribution >= 0.6 is 0 Å². The van der Waals surface area contributed by atoms with Crippen molar-refractivity contribution < 1.29 is 47.8 Å². The number of aromatic nitrogens is 4. The largest absolute Gasteiger partial charge is 0.444 e. The predicted molar refractivity (Wildman–Crippen MR) is 254 cm³/mol. The fourth-order valence-corrected chi connectivity index (χ4v) is 8.53. The molecule has 0 spiro atoms. The van der Waals surface area contributed by atoms with Crippen LogP contribution < -0.4 is 5.32 Å². The van der Waals surface area contributed by atoms with Crippen LogP contribution in [0.2, 0.25) is 51.4 Å². The molecular weight excluding hydrogens is 869 g/mol. The number of hydroxylamine groups is 2. The first-order chi connectivity index (χ1) is 30.2. The van der Waals surface area contributed by atoms with Crippen LogP contribution in [0.15, 0.2) is 24.8 Å². The van der Waals surface area contributed by atoms with Gasteiger partial charge in [0.2, 0.25) is 11.6 Å². The number of likely N-dealkylation sites (N-methyl/N-ethyl adjacent to an activating group) is 1. The number of nitrogens with zero attached hydrogens (tertiary/aromatic N) is 7. The van der Waals surface area contributed by atoms with Crippen LogP contribution in [-0.4, -0.2) is 156 Å². The molecule has 3 saturated heterocycles. The number of likely N-dealkylation sites (tertiary alicyclic amines) is 2. The molecule has 18 nitrogen and oxygen atoms in total. The summed E-state index contributed by atoms with van der Waals surface area (Å²) in [6.07, 6.45) is 10.8. The van der Waals surface area contributed by atoms with Crippen molar-refractivity contribution in [1.29, 1.82) is 0 Å². The molecule has 5 rings (SSSR count). The van der Waals surface area contributed by atoms with E-state index in [9.17, 15) is 24.0 Å². The molecule has 0 radical (unpaired) electrons. The SMILES string of the molecule is CC(C)(C)OC(=O)N1CCC[C@H]1C(=O)c1nccn1COCC[Si](C)(C)C.CON(C)C(=O)[C@@H]1CCCN1C(=O)OC(C)(C)C.C[Si](C)(C)CCOCn1ccnc1C(=O)[C@@H]1CCCN1. The number of Topliss-reactive ketones (excluding diaryl/α,β-unsaturated/α-hetero) is 2. The van der Waals surface area contributed by atoms with E-state index >= 15 is 0 Å². The Hall–Kier alpha value is -3.96. The van der Waals surface area contributed by atoms with Gasteiger partial charge in [-0.3, -0.25) is 29.0 Å². The van der Waals surface area contributed by atoms with Crippen LogP contribution in [0.1, 0.15) is 101 Å². The van der Waals surface area contributed by atoms with Gasteiger partial charge in [-0.2, -0.15) is 0 Å². The summed E-state index contributed by atoms with van der Waals surface area (Å²) in [5, 5.41) is 4.37. The quantitative estimate of drug-likeness (QED) is 0.0764. The molecule has 3 aliphatic heterocycles. The minimum absolute atomic E-state index is 0.0712. The highest BCUT2D eigenvalue weighted by atomic mass is 28.3. The average molecular weight is 949 g/mol. The summed E-state index contributed by atoms with van der Waals surface area (Å²) in [6, 6.07) is 1.13. The zero-order valence-corrected chi connectivity index (χ0v) is 43.9. The summed E-state index contributed by atoms with van der Waals surface area (Å²) in [6.45, 7) is 28.9. The molecule has 368 valence electrons. The topological polar surface area (TPSA) is 189 Å². The second kappa shape index (κ2) is 24.7. The summed E-state index contributed by atoms with van der Waals surface area (Å²) in [7, 11) is 0.742. The lowest BCUT2D eigenvalue weighted by Crippen LogP contribution is -2.47. The Balaban J connectivity index is 0.000000266. The van der Waals surface area contributed by atoms with Crippen LogP contribution in [0.25, 0.3) is 0 Å². The van der Waals surface area contributed by atoms with Crippen molar-refractivity contribution in [3.8, 4) is 0 Å². The Kier molecular flexibility index (Phi) is 21.0. The van der Waals surface area contributed by atoms with Crippen molar-refractivity contribution in [2.45, 2.75) is 174 Å². The van der Waals surface area contributed by atoms with Crippen molar-refractivity contribution >= 4 is 45.8 Å². The lowest BCUT2D eigenvalue weighted by molar-refractivity contribution is -0.173. The van der Waals surface area contributed by atoms with Crippen molar-refractivity contribution in [1.82, 2.24) is 39.3 Å². The van der Waals surface area contributed by atoms with Crippen LogP contribution in [0.5, 0.6) is 0 Å². The number of rotatable bonds is 16. The monoisotopic (exact) mass is 949 g/mol. The van der Waals surface area contributed by atoms with E-state index in [1.807, 2.05) is 31.5 Å². The number of hydrogen-bond donors (Lipinski definition) is 1. The molecule has 20 heteroatoms. The normalized spacial score (nSPS) is 19.0. The third-order valence-corrected chi connectivity index (χ3v) is 14.0. The molecule has 3 fully saturated rings. The molecule has 5 heterocycles. The maximum Gasteiger partial charge on any atom is 0.410 e. The van der Waals surface area contributed by atoms with Crippen LogP contribution in [0, 0.1) is 0 Å². The minimum Gasteiger partial charge on any atom is -0.444 e. The summed E-state index contributed by atoms with van der Waals surface area (Å²) >= 11 is 0. The van der Waals surface area contributed by atoms with Gasteiger partial charge in [0.15, 0.2) is 11.6 Å². The van der Waals surface area contributed by atoms with E-state index in [-0.39, 0.29) is 23.5 Å². The highest BCUT2D eigenvalue weighted by molar-refractivity contribution is 6.76. The summed E-state index contributed by atoms with van der Waals surface area (Å²) in [4.78, 5) is 78.0. The van der Waals surface area contributed by atoms with Crippen molar-refractivity contribution in [3.05, 3.63) is 36.4 Å². The number of carbonyl (C=O) groups excluding carboxylic acids is 5. The first kappa shape index (κ1) is 55.4. The first-order valence-corrected chi connectivity index (χ1v) is 30.4. The first-order valence-electron chi connectivity index (χ1n) is 23.0. The molecule has 2 aromatic heterocycles. The Bertz CT molecular complexity index is 1840. The molecule has 0 unspecified atom stereocenters. The molecule has 0 aromatic carbocycles. The van der Waals surface area contributed by atoms with Gasteiger partial charge in [-0.1, -0.05) is 39.3 Å². The molecule has 3 aliphatic rings. The molecule has 2 aromatic rings. The van der Waals surface area contributed by atoms with Gasteiger partial charge in [-0.15, -0.1) is 0 Å². The number of carbonyl (C=O) groups is 5. The van der Waals surface area contributed by atoms with Crippen LogP contribution in [0.4, 0.5) is 9.59 Å². The van der Waals surface area contributed by atoms with Gasteiger partial charge >= 0.3 is 12.2 Å². The molecule has 0 aliphatic carbocycles. The van der Waals surface area contributed by atoms with E-state index in [1.54, 1.807) is 43.9 Å². The van der Waals surface area contributed by atoms with E-state index in [4.69, 9.17) is 23.8 Å². The fourth-order valence-electron chi connectivity index (χ4n) is 7.01. The maximum absolute atomic E-state index is 13.0. The molecule has 65 heavy (non-hydrogen) atoms. The van der Waals surface area contributed by atoms with Crippen LogP contribution in [0.3, 0.4) is 0 Å². The predicted octanol–water partition coefficient (Wildman–Crippen LogP) is 7.31.